The minimum absolute atomic E-state index is 0.207. The molecule has 3 nitrogen and oxygen atoms in total. The first kappa shape index (κ1) is 18.7. The lowest BCUT2D eigenvalue weighted by Crippen LogP contribution is -2.37. The van der Waals surface area contributed by atoms with E-state index in [9.17, 15) is 4.79 Å². The molecule has 4 aromatic rings. The van der Waals surface area contributed by atoms with Gasteiger partial charge in [0.15, 0.2) is 0 Å². The third kappa shape index (κ3) is 3.52. The van der Waals surface area contributed by atoms with Crippen molar-refractivity contribution in [3.05, 3.63) is 107 Å². The number of fused-ring (bicyclic) bond motifs is 3. The normalized spacial score (nSPS) is 13.4. The zero-order chi connectivity index (χ0) is 20.5. The van der Waals surface area contributed by atoms with Crippen molar-refractivity contribution >= 4 is 16.8 Å². The molecule has 30 heavy (non-hydrogen) atoms. The Balaban J connectivity index is 1.48. The second kappa shape index (κ2) is 7.83. The van der Waals surface area contributed by atoms with Crippen LogP contribution in [-0.2, 0) is 30.7 Å². The summed E-state index contributed by atoms with van der Waals surface area (Å²) in [5.74, 6) is 0.207. The van der Waals surface area contributed by atoms with Crippen molar-refractivity contribution < 1.29 is 4.79 Å². The van der Waals surface area contributed by atoms with Crippen molar-refractivity contribution in [1.82, 2.24) is 9.47 Å². The predicted octanol–water partition coefficient (Wildman–Crippen LogP) is 5.13. The number of para-hydroxylation sites is 1. The molecule has 5 rings (SSSR count). The molecule has 0 radical (unpaired) electrons. The van der Waals surface area contributed by atoms with E-state index in [1.165, 1.54) is 33.3 Å². The lowest BCUT2D eigenvalue weighted by Gasteiger charge is -2.29. The summed E-state index contributed by atoms with van der Waals surface area (Å²) in [5, 5.41) is 1.33. The molecule has 1 amide bonds. The Kier molecular flexibility index (Phi) is 4.88. The van der Waals surface area contributed by atoms with E-state index in [0.29, 0.717) is 13.0 Å². The Bertz CT molecular complexity index is 1190. The van der Waals surface area contributed by atoms with Crippen LogP contribution in [0.5, 0.6) is 0 Å². The lowest BCUT2D eigenvalue weighted by atomic mass is 10.0. The number of amides is 1. The van der Waals surface area contributed by atoms with Gasteiger partial charge in [0.25, 0.3) is 0 Å². The average Bonchev–Trinajstić information content (AvgIpc) is 3.09. The van der Waals surface area contributed by atoms with Gasteiger partial charge in [0.2, 0.25) is 5.91 Å². The van der Waals surface area contributed by atoms with Crippen LogP contribution in [0.2, 0.25) is 0 Å². The highest BCUT2D eigenvalue weighted by Gasteiger charge is 2.26. The molecule has 0 fully saturated rings. The summed E-state index contributed by atoms with van der Waals surface area (Å²) in [7, 11) is 0. The van der Waals surface area contributed by atoms with Gasteiger partial charge in [-0.2, -0.15) is 0 Å². The molecule has 3 aromatic carbocycles. The van der Waals surface area contributed by atoms with Crippen molar-refractivity contribution in [2.24, 2.45) is 0 Å². The van der Waals surface area contributed by atoms with E-state index in [0.717, 1.165) is 25.1 Å². The highest BCUT2D eigenvalue weighted by Crippen LogP contribution is 2.32. The van der Waals surface area contributed by atoms with E-state index in [4.69, 9.17) is 0 Å². The first-order chi connectivity index (χ1) is 14.7. The van der Waals surface area contributed by atoms with Gasteiger partial charge >= 0.3 is 0 Å². The van der Waals surface area contributed by atoms with Crippen LogP contribution in [0.25, 0.3) is 10.9 Å². The van der Waals surface area contributed by atoms with E-state index in [2.05, 4.69) is 60.0 Å². The van der Waals surface area contributed by atoms with Crippen LogP contribution in [0.1, 0.15) is 27.9 Å². The van der Waals surface area contributed by atoms with Crippen LogP contribution in [0.3, 0.4) is 0 Å². The van der Waals surface area contributed by atoms with Crippen LogP contribution in [0, 0.1) is 6.92 Å². The van der Waals surface area contributed by atoms with Crippen molar-refractivity contribution in [2.45, 2.75) is 32.9 Å². The SMILES string of the molecule is Cc1ccc(Cn2c3c(c4ccccc42)CCN(C(=O)Cc2ccccc2)C3)cc1. The Morgan fingerprint density at radius 1 is 0.867 bits per heavy atom. The molecule has 0 unspecified atom stereocenters. The molecule has 1 aliphatic rings. The average molecular weight is 395 g/mol. The number of carbonyl (C=O) groups is 1. The van der Waals surface area contributed by atoms with Gasteiger partial charge in [-0.25, -0.2) is 0 Å². The van der Waals surface area contributed by atoms with E-state index in [1.54, 1.807) is 0 Å². The second-order valence-corrected chi connectivity index (χ2v) is 8.24. The second-order valence-electron chi connectivity index (χ2n) is 8.24. The number of benzene rings is 3. The minimum atomic E-state index is 0.207. The van der Waals surface area contributed by atoms with Gasteiger partial charge in [0.1, 0.15) is 0 Å². The largest absolute Gasteiger partial charge is 0.338 e. The molecular weight excluding hydrogens is 368 g/mol. The summed E-state index contributed by atoms with van der Waals surface area (Å²) in [6.07, 6.45) is 1.38. The number of nitrogens with zero attached hydrogens (tertiary/aromatic N) is 2. The van der Waals surface area contributed by atoms with E-state index >= 15 is 0 Å². The summed E-state index contributed by atoms with van der Waals surface area (Å²) in [6, 6.07) is 27.4. The van der Waals surface area contributed by atoms with E-state index in [-0.39, 0.29) is 5.91 Å². The predicted molar refractivity (Wildman–Crippen MR) is 121 cm³/mol. The van der Waals surface area contributed by atoms with E-state index < -0.39 is 0 Å². The fourth-order valence-corrected chi connectivity index (χ4v) is 4.55. The highest BCUT2D eigenvalue weighted by molar-refractivity contribution is 5.87. The molecule has 1 aliphatic heterocycles. The Hall–Kier alpha value is -3.33. The Labute approximate surface area is 177 Å². The number of carbonyl (C=O) groups excluding carboxylic acids is 1. The number of hydrogen-bond donors (Lipinski definition) is 0. The number of aromatic nitrogens is 1. The highest BCUT2D eigenvalue weighted by atomic mass is 16.2. The first-order valence-electron chi connectivity index (χ1n) is 10.7. The molecule has 1 aromatic heterocycles. The molecule has 150 valence electrons. The maximum atomic E-state index is 13.0. The van der Waals surface area contributed by atoms with Gasteiger partial charge in [-0.1, -0.05) is 78.4 Å². The zero-order valence-electron chi connectivity index (χ0n) is 17.3. The molecule has 0 spiro atoms. The number of hydrogen-bond acceptors (Lipinski definition) is 1. The fourth-order valence-electron chi connectivity index (χ4n) is 4.55. The molecular formula is C27H26N2O. The van der Waals surface area contributed by atoms with Crippen LogP contribution in [-0.4, -0.2) is 21.9 Å². The molecule has 2 heterocycles. The number of aryl methyl sites for hydroxylation is 1. The Morgan fingerprint density at radius 3 is 2.40 bits per heavy atom. The summed E-state index contributed by atoms with van der Waals surface area (Å²) in [4.78, 5) is 15.0. The quantitative estimate of drug-likeness (QED) is 0.471. The van der Waals surface area contributed by atoms with Crippen molar-refractivity contribution in [3.8, 4) is 0 Å². The summed E-state index contributed by atoms with van der Waals surface area (Å²) in [6.45, 7) is 4.42. The fraction of sp³-hybridized carbons (Fsp3) is 0.222. The lowest BCUT2D eigenvalue weighted by molar-refractivity contribution is -0.131. The summed E-state index contributed by atoms with van der Waals surface area (Å²) < 4.78 is 2.41. The third-order valence-electron chi connectivity index (χ3n) is 6.18. The number of rotatable bonds is 4. The van der Waals surface area contributed by atoms with Crippen LogP contribution in [0.4, 0.5) is 0 Å². The van der Waals surface area contributed by atoms with E-state index in [1.807, 2.05) is 35.2 Å². The van der Waals surface area contributed by atoms with Gasteiger partial charge in [-0.3, -0.25) is 4.79 Å². The van der Waals surface area contributed by atoms with Crippen LogP contribution in [0.15, 0.2) is 78.9 Å². The topological polar surface area (TPSA) is 25.2 Å². The van der Waals surface area contributed by atoms with Crippen LogP contribution >= 0.6 is 0 Å². The van der Waals surface area contributed by atoms with Gasteiger partial charge in [-0.15, -0.1) is 0 Å². The molecule has 0 saturated carbocycles. The van der Waals surface area contributed by atoms with Crippen LogP contribution < -0.4 is 0 Å². The summed E-state index contributed by atoms with van der Waals surface area (Å²) in [5.41, 5.74) is 7.59. The van der Waals surface area contributed by atoms with Gasteiger partial charge in [0, 0.05) is 29.7 Å². The molecule has 0 bridgehead atoms. The zero-order valence-corrected chi connectivity index (χ0v) is 17.3. The van der Waals surface area contributed by atoms with Gasteiger partial charge in [0.05, 0.1) is 13.0 Å². The maximum absolute atomic E-state index is 13.0. The monoisotopic (exact) mass is 394 g/mol. The first-order valence-corrected chi connectivity index (χ1v) is 10.7. The third-order valence-corrected chi connectivity index (χ3v) is 6.18. The standard InChI is InChI=1S/C27H26N2O/c1-20-11-13-22(14-12-20)18-29-25-10-6-5-9-23(25)24-15-16-28(19-26(24)29)27(30)17-21-7-3-2-4-8-21/h2-14H,15-19H2,1H3. The molecule has 0 aliphatic carbocycles. The maximum Gasteiger partial charge on any atom is 0.227 e. The molecule has 0 saturated heterocycles. The van der Waals surface area contributed by atoms with Gasteiger partial charge in [-0.05, 0) is 36.1 Å². The minimum Gasteiger partial charge on any atom is -0.338 e. The molecule has 3 heteroatoms. The van der Waals surface area contributed by atoms with Crippen molar-refractivity contribution in [3.63, 3.8) is 0 Å². The van der Waals surface area contributed by atoms with Crippen molar-refractivity contribution in [1.29, 1.82) is 0 Å². The molecule has 0 atom stereocenters. The van der Waals surface area contributed by atoms with Crippen molar-refractivity contribution in [2.75, 3.05) is 6.54 Å². The van der Waals surface area contributed by atoms with Gasteiger partial charge < -0.3 is 9.47 Å². The smallest absolute Gasteiger partial charge is 0.227 e. The summed E-state index contributed by atoms with van der Waals surface area (Å²) >= 11 is 0. The molecule has 0 N–H and O–H groups in total. The Morgan fingerprint density at radius 2 is 1.60 bits per heavy atom.